The number of imidazole rings is 1. The van der Waals surface area contributed by atoms with Gasteiger partial charge in [-0.3, -0.25) is 0 Å². The Labute approximate surface area is 105 Å². The van der Waals surface area contributed by atoms with Gasteiger partial charge in [0, 0.05) is 6.92 Å². The molecule has 0 saturated carbocycles. The van der Waals surface area contributed by atoms with Gasteiger partial charge in [-0.15, -0.1) is 0 Å². The molecule has 4 atom stereocenters. The zero-order valence-electron chi connectivity index (χ0n) is 9.17. The molecule has 16 heavy (non-hydrogen) atoms. The third kappa shape index (κ3) is 5.01. The molecular formula is C8H19N2O2P4+. The predicted molar refractivity (Wildman–Crippen MR) is 78.1 cm³/mol. The van der Waals surface area contributed by atoms with Crippen LogP contribution in [-0.2, 0) is 13.1 Å². The second-order valence-corrected chi connectivity index (χ2v) is 9.42. The first-order valence-electron chi connectivity index (χ1n) is 4.74. The van der Waals surface area contributed by atoms with Gasteiger partial charge >= 0.3 is 0 Å². The number of aliphatic hydroxyl groups is 2. The second kappa shape index (κ2) is 5.23. The van der Waals surface area contributed by atoms with Gasteiger partial charge in [-0.05, 0) is 0 Å². The number of rotatable bonds is 4. The summed E-state index contributed by atoms with van der Waals surface area (Å²) in [7, 11) is 9.47. The molecule has 8 heteroatoms. The van der Waals surface area contributed by atoms with Crippen LogP contribution in [-0.4, -0.2) is 24.9 Å². The summed E-state index contributed by atoms with van der Waals surface area (Å²) < 4.78 is 3.86. The lowest BCUT2D eigenvalue weighted by Crippen LogP contribution is -2.43. The minimum Gasteiger partial charge on any atom is -0.378 e. The van der Waals surface area contributed by atoms with E-state index in [0.29, 0.717) is 13.1 Å². The molecule has 0 saturated heterocycles. The highest BCUT2D eigenvalue weighted by Gasteiger charge is 2.24. The van der Waals surface area contributed by atoms with Gasteiger partial charge in [0.1, 0.15) is 35.6 Å². The highest BCUT2D eigenvalue weighted by molar-refractivity contribution is 7.39. The Morgan fingerprint density at radius 3 is 2.25 bits per heavy atom. The van der Waals surface area contributed by atoms with Crippen molar-refractivity contribution in [2.75, 3.05) is 0 Å². The molecule has 2 N–H and O–H groups in total. The van der Waals surface area contributed by atoms with Gasteiger partial charge in [-0.2, -0.15) is 0 Å². The van der Waals surface area contributed by atoms with Crippen LogP contribution in [0.3, 0.4) is 0 Å². The summed E-state index contributed by atoms with van der Waals surface area (Å²) in [5.41, 5.74) is 0. The summed E-state index contributed by atoms with van der Waals surface area (Å²) in [4.78, 5) is 0. The van der Waals surface area contributed by atoms with Crippen LogP contribution in [0.5, 0.6) is 0 Å². The molecule has 92 valence electrons. The zero-order chi connectivity index (χ0) is 12.6. The van der Waals surface area contributed by atoms with E-state index in [0.717, 1.165) is 5.82 Å². The Bertz CT molecular complexity index is 334. The van der Waals surface area contributed by atoms with E-state index in [-0.39, 0.29) is 0 Å². The van der Waals surface area contributed by atoms with Gasteiger partial charge in [0.25, 0.3) is 5.82 Å². The first kappa shape index (κ1) is 14.9. The summed E-state index contributed by atoms with van der Waals surface area (Å²) >= 11 is 0. The Morgan fingerprint density at radius 2 is 1.81 bits per heavy atom. The van der Waals surface area contributed by atoms with Gasteiger partial charge in [0.05, 0.1) is 0 Å². The first-order valence-corrected chi connectivity index (χ1v) is 7.05. The maximum Gasteiger partial charge on any atom is 0.253 e. The molecule has 0 spiro atoms. The Morgan fingerprint density at radius 1 is 1.25 bits per heavy atom. The predicted octanol–water partition coefficient (Wildman–Crippen LogP) is -0.123. The van der Waals surface area contributed by atoms with Crippen LogP contribution in [0, 0.1) is 6.92 Å². The minimum atomic E-state index is -0.903. The van der Waals surface area contributed by atoms with Crippen molar-refractivity contribution in [3.05, 3.63) is 18.2 Å². The maximum absolute atomic E-state index is 9.68. The van der Waals surface area contributed by atoms with Crippen molar-refractivity contribution in [3.8, 4) is 0 Å². The Balaban J connectivity index is 2.85. The molecule has 0 aromatic carbocycles. The van der Waals surface area contributed by atoms with Crippen molar-refractivity contribution in [2.45, 2.75) is 30.2 Å². The quantitative estimate of drug-likeness (QED) is 0.601. The summed E-state index contributed by atoms with van der Waals surface area (Å²) in [5, 5.41) is 17.5. The van der Waals surface area contributed by atoms with Crippen molar-refractivity contribution in [1.29, 1.82) is 0 Å². The van der Waals surface area contributed by atoms with E-state index < -0.39 is 10.2 Å². The molecule has 0 radical (unpaired) electrons. The third-order valence-corrected chi connectivity index (χ3v) is 2.84. The molecule has 0 aliphatic rings. The highest BCUT2D eigenvalue weighted by atomic mass is 31.1. The fraction of sp³-hybridized carbons (Fsp3) is 0.625. The molecule has 0 aliphatic heterocycles. The van der Waals surface area contributed by atoms with E-state index in [4.69, 9.17) is 0 Å². The van der Waals surface area contributed by atoms with E-state index in [2.05, 4.69) is 37.0 Å². The lowest BCUT2D eigenvalue weighted by Gasteiger charge is -2.16. The number of hydrogen-bond acceptors (Lipinski definition) is 2. The van der Waals surface area contributed by atoms with Crippen LogP contribution in [0.2, 0.25) is 0 Å². The van der Waals surface area contributed by atoms with Gasteiger partial charge < -0.3 is 10.2 Å². The van der Waals surface area contributed by atoms with E-state index in [1.807, 2.05) is 28.5 Å². The van der Waals surface area contributed by atoms with Gasteiger partial charge in [-0.25, -0.2) is 9.13 Å². The SMILES string of the molecule is Cc1n(CC(O)(P)P)cc[n+]1CC(O)(P)P. The molecule has 1 heterocycles. The lowest BCUT2D eigenvalue weighted by molar-refractivity contribution is -0.707. The molecule has 0 aliphatic carbocycles. The average Bonchev–Trinajstić information content (AvgIpc) is 2.30. The number of aromatic nitrogens is 2. The van der Waals surface area contributed by atoms with E-state index >= 15 is 0 Å². The van der Waals surface area contributed by atoms with Crippen molar-refractivity contribution in [3.63, 3.8) is 0 Å². The van der Waals surface area contributed by atoms with Crippen LogP contribution in [0.4, 0.5) is 0 Å². The largest absolute Gasteiger partial charge is 0.378 e. The van der Waals surface area contributed by atoms with Crippen LogP contribution in [0.1, 0.15) is 5.82 Å². The molecule has 4 nitrogen and oxygen atoms in total. The van der Waals surface area contributed by atoms with Crippen molar-refractivity contribution < 1.29 is 14.8 Å². The van der Waals surface area contributed by atoms with Crippen molar-refractivity contribution in [1.82, 2.24) is 4.57 Å². The fourth-order valence-electron chi connectivity index (χ4n) is 1.42. The van der Waals surface area contributed by atoms with Crippen LogP contribution in [0.15, 0.2) is 12.4 Å². The van der Waals surface area contributed by atoms with Crippen LogP contribution >= 0.6 is 37.0 Å². The van der Waals surface area contributed by atoms with E-state index in [9.17, 15) is 10.2 Å². The van der Waals surface area contributed by atoms with Gasteiger partial charge in [0.15, 0.2) is 0 Å². The lowest BCUT2D eigenvalue weighted by atomic mass is 10.5. The molecule has 0 bridgehead atoms. The molecule has 0 fully saturated rings. The number of hydrogen-bond donors (Lipinski definition) is 2. The number of nitrogens with zero attached hydrogens (tertiary/aromatic N) is 2. The van der Waals surface area contributed by atoms with Gasteiger partial charge in [0.2, 0.25) is 0 Å². The van der Waals surface area contributed by atoms with Gasteiger partial charge in [-0.1, -0.05) is 37.0 Å². The zero-order valence-corrected chi connectivity index (χ0v) is 13.8. The molecule has 1 aromatic rings. The minimum absolute atomic E-state index is 0.466. The normalized spacial score (nSPS) is 13.2. The van der Waals surface area contributed by atoms with Crippen LogP contribution < -0.4 is 4.57 Å². The topological polar surface area (TPSA) is 49.3 Å². The van der Waals surface area contributed by atoms with Crippen molar-refractivity contribution >= 4 is 37.0 Å². The van der Waals surface area contributed by atoms with E-state index in [1.165, 1.54) is 0 Å². The molecule has 1 aromatic heterocycles. The second-order valence-electron chi connectivity index (χ2n) is 4.08. The van der Waals surface area contributed by atoms with E-state index in [1.54, 1.807) is 0 Å². The smallest absolute Gasteiger partial charge is 0.253 e. The molecular weight excluding hydrogens is 280 g/mol. The summed E-state index contributed by atoms with van der Waals surface area (Å²) in [6, 6.07) is 0. The average molecular weight is 299 g/mol. The highest BCUT2D eigenvalue weighted by Crippen LogP contribution is 2.26. The van der Waals surface area contributed by atoms with Crippen molar-refractivity contribution in [2.24, 2.45) is 0 Å². The fourth-order valence-corrected chi connectivity index (χ4v) is 2.21. The standard InChI is InChI=1S/C8H19N2O2P4/c1-6-9(4-7(11,13)14)2-3-10(6)5-8(12,15)16/h2-3,11-12H,4-5,13-16H2,1H3/q+1. The van der Waals surface area contributed by atoms with Crippen LogP contribution in [0.25, 0.3) is 0 Å². The monoisotopic (exact) mass is 299 g/mol. The summed E-state index contributed by atoms with van der Waals surface area (Å²) in [6.45, 7) is 2.88. The molecule has 0 amide bonds. The molecule has 4 unspecified atom stereocenters. The Hall–Kier alpha value is 0.850. The Kier molecular flexibility index (Phi) is 4.87. The first-order chi connectivity index (χ1) is 7.08. The summed E-state index contributed by atoms with van der Waals surface area (Å²) in [5.74, 6) is 0.978. The molecule has 1 rings (SSSR count). The summed E-state index contributed by atoms with van der Waals surface area (Å²) in [6.07, 6.45) is 3.77. The third-order valence-electron chi connectivity index (χ3n) is 2.11. The maximum atomic E-state index is 9.68.